The van der Waals surface area contributed by atoms with E-state index >= 15 is 0 Å². The zero-order valence-corrected chi connectivity index (χ0v) is 16.4. The minimum atomic E-state index is -2.55. The molecule has 3 aromatic rings. The van der Waals surface area contributed by atoms with Gasteiger partial charge in [0.1, 0.15) is 12.3 Å². The number of anilines is 2. The Morgan fingerprint density at radius 2 is 1.96 bits per heavy atom. The van der Waals surface area contributed by atoms with Crippen LogP contribution in [0.2, 0.25) is 5.02 Å². The van der Waals surface area contributed by atoms with Crippen molar-refractivity contribution >= 4 is 46.0 Å². The van der Waals surface area contributed by atoms with E-state index in [0.717, 1.165) is 11.3 Å². The van der Waals surface area contributed by atoms with Gasteiger partial charge >= 0.3 is 0 Å². The summed E-state index contributed by atoms with van der Waals surface area (Å²) in [5.74, 6) is 1.27. The van der Waals surface area contributed by atoms with Gasteiger partial charge in [0.2, 0.25) is 0 Å². The molecule has 0 saturated heterocycles. The van der Waals surface area contributed by atoms with Gasteiger partial charge in [-0.15, -0.1) is 0 Å². The van der Waals surface area contributed by atoms with Crippen LogP contribution < -0.4 is 14.8 Å². The van der Waals surface area contributed by atoms with Gasteiger partial charge in [0, 0.05) is 6.26 Å². The number of halogens is 3. The number of aromatic nitrogens is 2. The van der Waals surface area contributed by atoms with Gasteiger partial charge in [0.15, 0.2) is 5.82 Å². The number of hydrogen-bond acceptors (Lipinski definition) is 5. The smallest absolute Gasteiger partial charge is 0.257 e. The first-order valence-electron chi connectivity index (χ1n) is 8.11. The van der Waals surface area contributed by atoms with Crippen molar-refractivity contribution in [2.24, 2.45) is 0 Å². The highest BCUT2D eigenvalue weighted by Gasteiger charge is 2.22. The number of benzene rings is 2. The lowest BCUT2D eigenvalue weighted by Gasteiger charge is -2.20. The van der Waals surface area contributed by atoms with Crippen LogP contribution in [0, 0.1) is 0 Å². The van der Waals surface area contributed by atoms with E-state index in [2.05, 4.69) is 5.10 Å². The van der Waals surface area contributed by atoms with Gasteiger partial charge in [-0.2, -0.15) is 5.10 Å². The zero-order chi connectivity index (χ0) is 19.6. The van der Waals surface area contributed by atoms with Crippen LogP contribution in [0.1, 0.15) is 5.56 Å². The third kappa shape index (κ3) is 4.06. The van der Waals surface area contributed by atoms with Gasteiger partial charge in [-0.1, -0.05) is 35.7 Å². The maximum atomic E-state index is 13.0. The van der Waals surface area contributed by atoms with Crippen molar-refractivity contribution in [3.05, 3.63) is 47.0 Å². The highest BCUT2D eigenvalue weighted by atomic mass is 35.5. The number of hydrogen-bond donors (Lipinski definition) is 1. The van der Waals surface area contributed by atoms with Crippen LogP contribution in [0.25, 0.3) is 10.9 Å². The fourth-order valence-electron chi connectivity index (χ4n) is 2.85. The van der Waals surface area contributed by atoms with Gasteiger partial charge in [-0.25, -0.2) is 8.78 Å². The Morgan fingerprint density at radius 3 is 2.56 bits per heavy atom. The maximum Gasteiger partial charge on any atom is 0.257 e. The van der Waals surface area contributed by atoms with Crippen molar-refractivity contribution in [1.82, 2.24) is 9.78 Å². The van der Waals surface area contributed by atoms with E-state index in [9.17, 15) is 8.78 Å². The molecule has 5 nitrogen and oxygen atoms in total. The summed E-state index contributed by atoms with van der Waals surface area (Å²) in [5.41, 5.74) is 7.84. The molecule has 0 fully saturated rings. The Bertz CT molecular complexity index is 933. The van der Waals surface area contributed by atoms with E-state index in [1.807, 2.05) is 34.8 Å². The SMILES string of the molecule is COc1ccc(CN(SC)c2nn(CC(F)F)c3c(N)ccc(Cl)c23)cc1. The van der Waals surface area contributed by atoms with Crippen LogP contribution in [0.5, 0.6) is 5.75 Å². The van der Waals surface area contributed by atoms with Crippen molar-refractivity contribution in [2.45, 2.75) is 19.5 Å². The molecule has 0 spiro atoms. The quantitative estimate of drug-likeness (QED) is 0.445. The van der Waals surface area contributed by atoms with Gasteiger partial charge in [0.25, 0.3) is 6.43 Å². The number of nitrogens with two attached hydrogens (primary N) is 1. The van der Waals surface area contributed by atoms with Crippen molar-refractivity contribution < 1.29 is 13.5 Å². The second-order valence-corrected chi connectivity index (χ2v) is 7.04. The molecule has 0 radical (unpaired) electrons. The summed E-state index contributed by atoms with van der Waals surface area (Å²) in [7, 11) is 1.61. The molecule has 3 rings (SSSR count). The molecular formula is C18H19ClF2N4OS. The molecule has 144 valence electrons. The Morgan fingerprint density at radius 1 is 1.26 bits per heavy atom. The molecule has 0 bridgehead atoms. The van der Waals surface area contributed by atoms with E-state index in [4.69, 9.17) is 22.1 Å². The molecule has 1 heterocycles. The first kappa shape index (κ1) is 19.6. The topological polar surface area (TPSA) is 56.3 Å². The monoisotopic (exact) mass is 412 g/mol. The van der Waals surface area contributed by atoms with Crippen molar-refractivity contribution in [3.8, 4) is 5.75 Å². The molecule has 0 amide bonds. The molecule has 0 unspecified atom stereocenters. The van der Waals surface area contributed by atoms with Gasteiger partial charge in [-0.3, -0.25) is 8.99 Å². The Balaban J connectivity index is 2.05. The number of nitrogen functional groups attached to an aromatic ring is 1. The largest absolute Gasteiger partial charge is 0.497 e. The molecule has 1 aromatic heterocycles. The van der Waals surface area contributed by atoms with E-state index in [1.54, 1.807) is 19.2 Å². The summed E-state index contributed by atoms with van der Waals surface area (Å²) in [6.07, 6.45) is -0.662. The van der Waals surface area contributed by atoms with Crippen LogP contribution in [-0.2, 0) is 13.1 Å². The van der Waals surface area contributed by atoms with E-state index < -0.39 is 13.0 Å². The number of nitrogens with zero attached hydrogens (tertiary/aromatic N) is 3. The summed E-state index contributed by atoms with van der Waals surface area (Å²) in [6.45, 7) is -0.0388. The fourth-order valence-corrected chi connectivity index (χ4v) is 3.66. The Hall–Kier alpha value is -2.19. The van der Waals surface area contributed by atoms with E-state index in [1.165, 1.54) is 16.6 Å². The second-order valence-electron chi connectivity index (χ2n) is 5.82. The first-order chi connectivity index (χ1) is 12.9. The van der Waals surface area contributed by atoms with Crippen molar-refractivity contribution in [2.75, 3.05) is 23.4 Å². The molecule has 0 aliphatic carbocycles. The Labute approximate surface area is 165 Å². The molecule has 27 heavy (non-hydrogen) atoms. The van der Waals surface area contributed by atoms with E-state index in [0.29, 0.717) is 34.0 Å². The number of fused-ring (bicyclic) bond motifs is 1. The predicted molar refractivity (Wildman–Crippen MR) is 108 cm³/mol. The number of methoxy groups -OCH3 is 1. The fraction of sp³-hybridized carbons (Fsp3) is 0.278. The number of ether oxygens (including phenoxy) is 1. The van der Waals surface area contributed by atoms with Crippen LogP contribution >= 0.6 is 23.5 Å². The van der Waals surface area contributed by atoms with E-state index in [-0.39, 0.29) is 0 Å². The van der Waals surface area contributed by atoms with Crippen molar-refractivity contribution in [3.63, 3.8) is 0 Å². The predicted octanol–water partition coefficient (Wildman–Crippen LogP) is 4.83. The van der Waals surface area contributed by atoms with Crippen LogP contribution in [0.3, 0.4) is 0 Å². The molecular weight excluding hydrogens is 394 g/mol. The molecule has 2 N–H and O–H groups in total. The normalized spacial score (nSPS) is 11.3. The number of alkyl halides is 2. The van der Waals surface area contributed by atoms with Crippen LogP contribution in [0.15, 0.2) is 36.4 Å². The van der Waals surface area contributed by atoms with Gasteiger partial charge in [-0.05, 0) is 29.8 Å². The minimum Gasteiger partial charge on any atom is -0.497 e. The molecule has 0 saturated carbocycles. The molecule has 2 aromatic carbocycles. The zero-order valence-electron chi connectivity index (χ0n) is 14.8. The summed E-state index contributed by atoms with van der Waals surface area (Å²) in [5, 5.41) is 5.39. The average molecular weight is 413 g/mol. The van der Waals surface area contributed by atoms with Gasteiger partial charge in [0.05, 0.1) is 35.3 Å². The first-order valence-corrected chi connectivity index (χ1v) is 9.67. The second kappa shape index (κ2) is 8.22. The average Bonchev–Trinajstić information content (AvgIpc) is 3.03. The lowest BCUT2D eigenvalue weighted by molar-refractivity contribution is 0.123. The lowest BCUT2D eigenvalue weighted by atomic mass is 10.2. The van der Waals surface area contributed by atoms with Crippen molar-refractivity contribution in [1.29, 1.82) is 0 Å². The van der Waals surface area contributed by atoms with Crippen LogP contribution in [0.4, 0.5) is 20.3 Å². The maximum absolute atomic E-state index is 13.0. The summed E-state index contributed by atoms with van der Waals surface area (Å²) in [4.78, 5) is 0. The summed E-state index contributed by atoms with van der Waals surface area (Å²) >= 11 is 7.81. The highest BCUT2D eigenvalue weighted by molar-refractivity contribution is 7.99. The lowest BCUT2D eigenvalue weighted by Crippen LogP contribution is -2.15. The Kier molecular flexibility index (Phi) is 5.96. The molecule has 9 heteroatoms. The van der Waals surface area contributed by atoms with Gasteiger partial charge < -0.3 is 10.5 Å². The highest BCUT2D eigenvalue weighted by Crippen LogP contribution is 2.38. The molecule has 0 aliphatic rings. The standard InChI is InChI=1S/C18H19ClF2N4OS/c1-26-12-5-3-11(4-6-12)9-25(27-2)18-16-13(19)7-8-14(22)17(16)24(23-18)10-15(20)21/h3-8,15H,9-10,22H2,1-2H3. The molecule has 0 aliphatic heterocycles. The third-order valence-electron chi connectivity index (χ3n) is 4.11. The minimum absolute atomic E-state index is 0.360. The summed E-state index contributed by atoms with van der Waals surface area (Å²) in [6, 6.07) is 10.9. The number of rotatable bonds is 7. The molecule has 0 atom stereocenters. The summed E-state index contributed by atoms with van der Waals surface area (Å²) < 4.78 is 34.4. The van der Waals surface area contributed by atoms with Crippen LogP contribution in [-0.4, -0.2) is 29.6 Å². The third-order valence-corrected chi connectivity index (χ3v) is 5.17.